The van der Waals surface area contributed by atoms with E-state index in [1.807, 2.05) is 0 Å². The highest BCUT2D eigenvalue weighted by Gasteiger charge is 2.34. The Morgan fingerprint density at radius 2 is 1.80 bits per heavy atom. The Balaban J connectivity index is 1.42. The highest BCUT2D eigenvalue weighted by Crippen LogP contribution is 2.27. The molecule has 0 atom stereocenters. The second kappa shape index (κ2) is 8.38. The van der Waals surface area contributed by atoms with Crippen LogP contribution < -0.4 is 15.0 Å². The molecule has 0 radical (unpaired) electrons. The lowest BCUT2D eigenvalue weighted by atomic mass is 10.3. The Hall–Kier alpha value is -3.65. The predicted molar refractivity (Wildman–Crippen MR) is 111 cm³/mol. The van der Waals surface area contributed by atoms with Gasteiger partial charge in [0.05, 0.1) is 6.54 Å². The Labute approximate surface area is 176 Å². The number of carbonyl (C=O) groups is 2. The highest BCUT2D eigenvalue weighted by atomic mass is 35.5. The summed E-state index contributed by atoms with van der Waals surface area (Å²) in [5.41, 5.74) is 0.848. The normalized spacial score (nSPS) is 13.5. The van der Waals surface area contributed by atoms with Crippen molar-refractivity contribution in [1.82, 2.24) is 9.88 Å². The van der Waals surface area contributed by atoms with Crippen LogP contribution in [0.4, 0.5) is 25.4 Å². The lowest BCUT2D eigenvalue weighted by molar-refractivity contribution is 0.209. The van der Waals surface area contributed by atoms with Gasteiger partial charge >= 0.3 is 12.1 Å². The number of urea groups is 2. The van der Waals surface area contributed by atoms with Crippen molar-refractivity contribution in [2.75, 3.05) is 23.3 Å². The molecule has 0 saturated carbocycles. The Morgan fingerprint density at radius 1 is 1.07 bits per heavy atom. The summed E-state index contributed by atoms with van der Waals surface area (Å²) in [5, 5.41) is 3.09. The molecule has 30 heavy (non-hydrogen) atoms. The van der Waals surface area contributed by atoms with Gasteiger partial charge in [0.2, 0.25) is 0 Å². The van der Waals surface area contributed by atoms with E-state index in [0.717, 1.165) is 11.0 Å². The molecule has 7 nitrogen and oxygen atoms in total. The summed E-state index contributed by atoms with van der Waals surface area (Å²) >= 11 is 5.87. The molecule has 4 amide bonds. The minimum absolute atomic E-state index is 0.00496. The van der Waals surface area contributed by atoms with E-state index in [0.29, 0.717) is 23.0 Å². The lowest BCUT2D eigenvalue weighted by Crippen LogP contribution is -2.39. The van der Waals surface area contributed by atoms with Gasteiger partial charge in [0.25, 0.3) is 0 Å². The van der Waals surface area contributed by atoms with Crippen molar-refractivity contribution in [2.24, 2.45) is 0 Å². The van der Waals surface area contributed by atoms with Crippen molar-refractivity contribution in [3.05, 3.63) is 77.8 Å². The van der Waals surface area contributed by atoms with Crippen LogP contribution in [-0.4, -0.2) is 35.0 Å². The molecule has 1 aliphatic rings. The third-order valence-electron chi connectivity index (χ3n) is 4.45. The minimum atomic E-state index is -0.653. The quantitative estimate of drug-likeness (QED) is 0.626. The van der Waals surface area contributed by atoms with Gasteiger partial charge in [0.15, 0.2) is 11.6 Å². The second-order valence-electron chi connectivity index (χ2n) is 6.42. The van der Waals surface area contributed by atoms with Crippen LogP contribution in [0.25, 0.3) is 0 Å². The number of nitrogens with one attached hydrogen (secondary N) is 1. The Bertz CT molecular complexity index is 1080. The fourth-order valence-corrected chi connectivity index (χ4v) is 3.10. The van der Waals surface area contributed by atoms with Crippen LogP contribution >= 0.6 is 11.6 Å². The molecule has 1 fully saturated rings. The molecular weight excluding hydrogens is 411 g/mol. The molecule has 4 rings (SSSR count). The second-order valence-corrected chi connectivity index (χ2v) is 6.86. The van der Waals surface area contributed by atoms with Gasteiger partial charge in [-0.25, -0.2) is 18.9 Å². The molecule has 9 heteroatoms. The molecule has 0 unspecified atom stereocenters. The van der Waals surface area contributed by atoms with E-state index in [4.69, 9.17) is 16.3 Å². The number of benzene rings is 2. The van der Waals surface area contributed by atoms with Crippen molar-refractivity contribution >= 4 is 35.0 Å². The minimum Gasteiger partial charge on any atom is -0.454 e. The first-order chi connectivity index (χ1) is 14.5. The van der Waals surface area contributed by atoms with Crippen LogP contribution in [0.2, 0.25) is 5.02 Å². The first kappa shape index (κ1) is 19.7. The smallest absolute Gasteiger partial charge is 0.332 e. The van der Waals surface area contributed by atoms with E-state index in [1.54, 1.807) is 36.4 Å². The van der Waals surface area contributed by atoms with Gasteiger partial charge in [0.1, 0.15) is 5.75 Å². The van der Waals surface area contributed by atoms with Gasteiger partial charge in [-0.15, -0.1) is 0 Å². The van der Waals surface area contributed by atoms with Crippen LogP contribution in [0, 0.1) is 5.82 Å². The van der Waals surface area contributed by atoms with Crippen LogP contribution in [0.3, 0.4) is 0 Å². The summed E-state index contributed by atoms with van der Waals surface area (Å²) in [4.78, 5) is 31.5. The SMILES string of the molecule is O=C(Nc1ccc(Oc2ccncc2)c(F)c1)N1CCN(c2ccc(Cl)cc2)C1=O. The maximum atomic E-state index is 14.4. The number of ether oxygens (including phenoxy) is 1. The molecule has 1 saturated heterocycles. The summed E-state index contributed by atoms with van der Waals surface area (Å²) < 4.78 is 19.8. The predicted octanol–water partition coefficient (Wildman–Crippen LogP) is 5.14. The maximum Gasteiger partial charge on any atom is 0.332 e. The zero-order chi connectivity index (χ0) is 21.1. The standard InChI is InChI=1S/C21H16ClFN4O3/c22-14-1-4-16(5-2-14)26-11-12-27(21(26)29)20(28)25-15-3-6-19(18(23)13-15)30-17-7-9-24-10-8-17/h1-10,13H,11-12H2,(H,25,28). The number of aromatic nitrogens is 1. The number of amides is 4. The van der Waals surface area contributed by atoms with Crippen molar-refractivity contribution in [2.45, 2.75) is 0 Å². The van der Waals surface area contributed by atoms with Gasteiger partial charge in [-0.2, -0.15) is 0 Å². The number of hydrogen-bond acceptors (Lipinski definition) is 4. The Morgan fingerprint density at radius 3 is 2.50 bits per heavy atom. The number of halogens is 2. The number of nitrogens with zero attached hydrogens (tertiary/aromatic N) is 3. The summed E-state index contributed by atoms with van der Waals surface area (Å²) in [6.45, 7) is 0.556. The molecule has 1 aromatic heterocycles. The third kappa shape index (κ3) is 4.18. The van der Waals surface area contributed by atoms with E-state index in [-0.39, 0.29) is 18.0 Å². The highest BCUT2D eigenvalue weighted by molar-refractivity contribution is 6.30. The van der Waals surface area contributed by atoms with Crippen LogP contribution in [0.1, 0.15) is 0 Å². The number of carbonyl (C=O) groups excluding carboxylic acids is 2. The maximum absolute atomic E-state index is 14.4. The molecule has 0 aliphatic carbocycles. The molecule has 3 aromatic rings. The molecule has 0 bridgehead atoms. The molecule has 2 heterocycles. The first-order valence-electron chi connectivity index (χ1n) is 9.04. The van der Waals surface area contributed by atoms with Gasteiger partial charge in [-0.3, -0.25) is 9.88 Å². The van der Waals surface area contributed by atoms with Gasteiger partial charge in [-0.05, 0) is 48.5 Å². The van der Waals surface area contributed by atoms with Crippen molar-refractivity contribution < 1.29 is 18.7 Å². The topological polar surface area (TPSA) is 74.8 Å². The van der Waals surface area contributed by atoms with E-state index < -0.39 is 17.9 Å². The molecule has 2 aromatic carbocycles. The first-order valence-corrected chi connectivity index (χ1v) is 9.42. The fourth-order valence-electron chi connectivity index (χ4n) is 2.97. The summed E-state index contributed by atoms with van der Waals surface area (Å²) in [6, 6.07) is 12.9. The van der Waals surface area contributed by atoms with Crippen LogP contribution in [0.5, 0.6) is 11.5 Å². The zero-order valence-corrected chi connectivity index (χ0v) is 16.3. The monoisotopic (exact) mass is 426 g/mol. The number of rotatable bonds is 4. The number of hydrogen-bond donors (Lipinski definition) is 1. The third-order valence-corrected chi connectivity index (χ3v) is 4.71. The van der Waals surface area contributed by atoms with Crippen LogP contribution in [0.15, 0.2) is 67.0 Å². The van der Waals surface area contributed by atoms with E-state index in [9.17, 15) is 14.0 Å². The van der Waals surface area contributed by atoms with Crippen LogP contribution in [-0.2, 0) is 0 Å². The van der Waals surface area contributed by atoms with E-state index in [2.05, 4.69) is 10.3 Å². The number of imide groups is 1. The average molecular weight is 427 g/mol. The molecule has 1 aliphatic heterocycles. The lowest BCUT2D eigenvalue weighted by Gasteiger charge is -2.18. The number of pyridine rings is 1. The fraction of sp³-hybridized carbons (Fsp3) is 0.0952. The van der Waals surface area contributed by atoms with Gasteiger partial charge in [-0.1, -0.05) is 11.6 Å². The molecular formula is C21H16ClFN4O3. The van der Waals surface area contributed by atoms with E-state index in [1.165, 1.54) is 29.4 Å². The summed E-state index contributed by atoms with van der Waals surface area (Å²) in [6.07, 6.45) is 3.06. The zero-order valence-electron chi connectivity index (χ0n) is 15.6. The van der Waals surface area contributed by atoms with Crippen molar-refractivity contribution in [3.8, 4) is 11.5 Å². The molecule has 152 valence electrons. The molecule has 0 spiro atoms. The molecule has 1 N–H and O–H groups in total. The van der Waals surface area contributed by atoms with Crippen molar-refractivity contribution in [3.63, 3.8) is 0 Å². The largest absolute Gasteiger partial charge is 0.454 e. The number of anilines is 2. The summed E-state index contributed by atoms with van der Waals surface area (Å²) in [7, 11) is 0. The summed E-state index contributed by atoms with van der Waals surface area (Å²) in [5.74, 6) is -0.212. The van der Waals surface area contributed by atoms with E-state index >= 15 is 0 Å². The van der Waals surface area contributed by atoms with Gasteiger partial charge < -0.3 is 10.1 Å². The average Bonchev–Trinajstić information content (AvgIpc) is 3.13. The Kier molecular flexibility index (Phi) is 5.49. The van der Waals surface area contributed by atoms with Gasteiger partial charge in [0, 0.05) is 41.4 Å². The van der Waals surface area contributed by atoms with Crippen molar-refractivity contribution in [1.29, 1.82) is 0 Å².